The normalized spacial score (nSPS) is 12.7. The van der Waals surface area contributed by atoms with Gasteiger partial charge in [-0.15, -0.1) is 0 Å². The lowest BCUT2D eigenvalue weighted by Gasteiger charge is -2.26. The van der Waals surface area contributed by atoms with E-state index in [9.17, 15) is 19.2 Å². The van der Waals surface area contributed by atoms with Crippen molar-refractivity contribution in [3.05, 3.63) is 43.7 Å². The third-order valence-electron chi connectivity index (χ3n) is 8.53. The average Bonchev–Trinajstić information content (AvgIpc) is 3.03. The van der Waals surface area contributed by atoms with Crippen molar-refractivity contribution in [2.45, 2.75) is 52.7 Å². The molecule has 0 aliphatic carbocycles. The maximum Gasteiger partial charge on any atom is 0.302 e. The molecule has 0 aliphatic heterocycles. The Hall–Kier alpha value is -5.26. The summed E-state index contributed by atoms with van der Waals surface area (Å²) in [4.78, 5) is 53.0. The SMILES string of the molecule is COc1c(CC(C)OC(C)=O)c2c3c(CC(C)OC(C)=O)c(OC)c(=O)c4c(OC)cc(OC)c(c5c(OC)cc(OC)c(c1=O)c52)c43. The van der Waals surface area contributed by atoms with Gasteiger partial charge in [0.05, 0.1) is 53.4 Å². The van der Waals surface area contributed by atoms with Crippen LogP contribution in [0.5, 0.6) is 34.5 Å². The monoisotopic (exact) mass is 662 g/mol. The minimum absolute atomic E-state index is 0.00142. The van der Waals surface area contributed by atoms with Gasteiger partial charge in [-0.1, -0.05) is 0 Å². The first-order valence-corrected chi connectivity index (χ1v) is 15.2. The number of fused-ring (bicyclic) bond motifs is 2. The van der Waals surface area contributed by atoms with Gasteiger partial charge in [0.1, 0.15) is 35.2 Å². The summed E-state index contributed by atoms with van der Waals surface area (Å²) in [7, 11) is 8.64. The second-order valence-electron chi connectivity index (χ2n) is 11.5. The highest BCUT2D eigenvalue weighted by Crippen LogP contribution is 2.53. The largest absolute Gasteiger partial charge is 0.496 e. The summed E-state index contributed by atoms with van der Waals surface area (Å²) < 4.78 is 46.1. The number of hydrogen-bond acceptors (Lipinski definition) is 12. The second-order valence-corrected chi connectivity index (χ2v) is 11.5. The van der Waals surface area contributed by atoms with Crippen molar-refractivity contribution in [2.75, 3.05) is 42.7 Å². The lowest BCUT2D eigenvalue weighted by Crippen LogP contribution is -2.21. The number of hydrogen-bond donors (Lipinski definition) is 0. The van der Waals surface area contributed by atoms with E-state index in [0.717, 1.165) is 0 Å². The fourth-order valence-corrected chi connectivity index (χ4v) is 6.99. The van der Waals surface area contributed by atoms with Crippen LogP contribution in [-0.4, -0.2) is 66.8 Å². The smallest absolute Gasteiger partial charge is 0.302 e. The van der Waals surface area contributed by atoms with Crippen molar-refractivity contribution in [1.29, 1.82) is 0 Å². The molecule has 0 N–H and O–H groups in total. The van der Waals surface area contributed by atoms with Crippen molar-refractivity contribution < 1.29 is 47.5 Å². The summed E-state index contributed by atoms with van der Waals surface area (Å²) in [6.07, 6.45) is -1.27. The first-order valence-electron chi connectivity index (χ1n) is 15.2. The number of rotatable bonds is 12. The number of methoxy groups -OCH3 is 6. The number of carbonyl (C=O) groups is 2. The summed E-state index contributed by atoms with van der Waals surface area (Å²) in [5.41, 5.74) is -0.0971. The third kappa shape index (κ3) is 5.25. The molecule has 5 aromatic carbocycles. The number of carbonyl (C=O) groups excluding carboxylic acids is 2. The Bertz CT molecular complexity index is 2030. The van der Waals surface area contributed by atoms with Gasteiger partial charge in [-0.2, -0.15) is 0 Å². The van der Waals surface area contributed by atoms with Crippen molar-refractivity contribution in [1.82, 2.24) is 0 Å². The standard InChI is InChI=1S/C36H38O12/c1-15(47-17(3)37)11-19-25-26-20(12-16(2)48-18(4)38)36(46-10)34(40)30-24(44-8)14-22(42-6)28(32(26)30)27-21(41-5)13-23(43-7)29(31(25)27)33(39)35(19)45-9/h13-16H,11-12H2,1-10H3. The Labute approximate surface area is 276 Å². The molecule has 5 aromatic rings. The number of ether oxygens (including phenoxy) is 8. The van der Waals surface area contributed by atoms with Crippen molar-refractivity contribution in [2.24, 2.45) is 0 Å². The van der Waals surface area contributed by atoms with Gasteiger partial charge in [0, 0.05) is 71.5 Å². The van der Waals surface area contributed by atoms with Crippen LogP contribution in [0, 0.1) is 0 Å². The van der Waals surface area contributed by atoms with E-state index >= 15 is 0 Å². The van der Waals surface area contributed by atoms with E-state index in [2.05, 4.69) is 0 Å². The topological polar surface area (TPSA) is 142 Å². The Morgan fingerprint density at radius 1 is 0.500 bits per heavy atom. The van der Waals surface area contributed by atoms with Gasteiger partial charge in [0.25, 0.3) is 0 Å². The van der Waals surface area contributed by atoms with Crippen LogP contribution in [0.15, 0.2) is 21.7 Å². The van der Waals surface area contributed by atoms with E-state index in [0.29, 0.717) is 54.9 Å². The molecule has 12 nitrogen and oxygen atoms in total. The summed E-state index contributed by atoms with van der Waals surface area (Å²) in [5, 5.41) is 3.25. The molecule has 12 heteroatoms. The highest BCUT2D eigenvalue weighted by molar-refractivity contribution is 6.38. The molecule has 254 valence electrons. The summed E-state index contributed by atoms with van der Waals surface area (Å²) in [6, 6.07) is 3.21. The van der Waals surface area contributed by atoms with E-state index < -0.39 is 35.0 Å². The predicted molar refractivity (Wildman–Crippen MR) is 181 cm³/mol. The summed E-state index contributed by atoms with van der Waals surface area (Å²) in [5.74, 6) is 0.141. The van der Waals surface area contributed by atoms with Gasteiger partial charge in [0.2, 0.25) is 10.9 Å². The molecule has 5 rings (SSSR count). The lowest BCUT2D eigenvalue weighted by atomic mass is 9.81. The number of benzene rings is 5. The molecule has 0 spiro atoms. The van der Waals surface area contributed by atoms with Crippen molar-refractivity contribution in [3.63, 3.8) is 0 Å². The molecule has 2 unspecified atom stereocenters. The first-order chi connectivity index (χ1) is 22.9. The van der Waals surface area contributed by atoms with Gasteiger partial charge in [-0.25, -0.2) is 0 Å². The third-order valence-corrected chi connectivity index (χ3v) is 8.53. The van der Waals surface area contributed by atoms with Gasteiger partial charge in [-0.05, 0) is 24.6 Å². The van der Waals surface area contributed by atoms with Crippen LogP contribution >= 0.6 is 0 Å². The van der Waals surface area contributed by atoms with Crippen molar-refractivity contribution >= 4 is 55.0 Å². The quantitative estimate of drug-likeness (QED) is 0.102. The van der Waals surface area contributed by atoms with Gasteiger partial charge in [0.15, 0.2) is 11.5 Å². The molecule has 2 atom stereocenters. The molecular formula is C36H38O12. The Morgan fingerprint density at radius 3 is 1.08 bits per heavy atom. The number of esters is 2. The lowest BCUT2D eigenvalue weighted by molar-refractivity contribution is -0.146. The van der Waals surface area contributed by atoms with Crippen LogP contribution in [-0.2, 0) is 31.9 Å². The first kappa shape index (κ1) is 34.1. The Morgan fingerprint density at radius 2 is 0.812 bits per heavy atom. The molecule has 0 saturated heterocycles. The van der Waals surface area contributed by atoms with Crippen LogP contribution in [0.25, 0.3) is 43.1 Å². The molecule has 0 amide bonds. The molecule has 48 heavy (non-hydrogen) atoms. The average molecular weight is 663 g/mol. The van der Waals surface area contributed by atoms with Crippen LogP contribution in [0.1, 0.15) is 38.8 Å². The van der Waals surface area contributed by atoms with Crippen molar-refractivity contribution in [3.8, 4) is 34.5 Å². The molecule has 0 aromatic heterocycles. The molecule has 0 heterocycles. The van der Waals surface area contributed by atoms with E-state index in [4.69, 9.17) is 37.9 Å². The zero-order valence-corrected chi connectivity index (χ0v) is 28.6. The van der Waals surface area contributed by atoms with E-state index in [1.165, 1.54) is 56.5 Å². The van der Waals surface area contributed by atoms with Crippen LogP contribution in [0.2, 0.25) is 0 Å². The fourth-order valence-electron chi connectivity index (χ4n) is 6.99. The Balaban J connectivity index is 2.28. The summed E-state index contributed by atoms with van der Waals surface area (Å²) in [6.45, 7) is 6.02. The molecule has 0 saturated carbocycles. The molecular weight excluding hydrogens is 624 g/mol. The Kier molecular flexibility index (Phi) is 9.30. The minimum Gasteiger partial charge on any atom is -0.496 e. The molecule has 0 bridgehead atoms. The van der Waals surface area contributed by atoms with Crippen LogP contribution in [0.4, 0.5) is 0 Å². The van der Waals surface area contributed by atoms with E-state index in [-0.39, 0.29) is 46.6 Å². The van der Waals surface area contributed by atoms with Gasteiger partial charge in [-0.3, -0.25) is 19.2 Å². The summed E-state index contributed by atoms with van der Waals surface area (Å²) >= 11 is 0. The van der Waals surface area contributed by atoms with Crippen LogP contribution in [0.3, 0.4) is 0 Å². The zero-order valence-electron chi connectivity index (χ0n) is 28.6. The van der Waals surface area contributed by atoms with Crippen LogP contribution < -0.4 is 39.3 Å². The van der Waals surface area contributed by atoms with E-state index in [1.807, 2.05) is 0 Å². The molecule has 0 fully saturated rings. The predicted octanol–water partition coefficient (Wildman–Crippen LogP) is 4.94. The van der Waals surface area contributed by atoms with E-state index in [1.54, 1.807) is 26.0 Å². The zero-order chi connectivity index (χ0) is 35.2. The minimum atomic E-state index is -0.693. The maximum absolute atomic E-state index is 14.4. The molecule has 0 aliphatic rings. The van der Waals surface area contributed by atoms with Gasteiger partial charge >= 0.3 is 11.9 Å². The highest BCUT2D eigenvalue weighted by atomic mass is 16.5. The fraction of sp³-hybridized carbons (Fsp3) is 0.389. The highest BCUT2D eigenvalue weighted by Gasteiger charge is 2.33. The maximum atomic E-state index is 14.4. The second kappa shape index (κ2) is 13.1. The van der Waals surface area contributed by atoms with Gasteiger partial charge < -0.3 is 37.9 Å². The molecule has 0 radical (unpaired) electrons.